The molecular formula is C10H16O2. The molecule has 1 rings (SSSR count). The SMILES string of the molecule is CC(C)[C@H]1C=C[C@H](C(=O)O)CC1. The highest BCUT2D eigenvalue weighted by atomic mass is 16.4. The van der Waals surface area contributed by atoms with Gasteiger partial charge in [-0.2, -0.15) is 0 Å². The molecule has 0 aliphatic heterocycles. The summed E-state index contributed by atoms with van der Waals surface area (Å²) in [7, 11) is 0. The fourth-order valence-corrected chi connectivity index (χ4v) is 1.60. The molecule has 1 aliphatic carbocycles. The van der Waals surface area contributed by atoms with Crippen LogP contribution < -0.4 is 0 Å². The predicted molar refractivity (Wildman–Crippen MR) is 47.8 cm³/mol. The molecule has 1 N–H and O–H groups in total. The molecule has 0 aromatic rings. The van der Waals surface area contributed by atoms with E-state index in [0.29, 0.717) is 11.8 Å². The van der Waals surface area contributed by atoms with Gasteiger partial charge in [0.05, 0.1) is 5.92 Å². The molecule has 2 heteroatoms. The highest BCUT2D eigenvalue weighted by molar-refractivity contribution is 5.72. The summed E-state index contributed by atoms with van der Waals surface area (Å²) in [6, 6.07) is 0. The maximum Gasteiger partial charge on any atom is 0.310 e. The molecule has 0 heterocycles. The Bertz CT molecular complexity index is 194. The van der Waals surface area contributed by atoms with Crippen molar-refractivity contribution in [3.05, 3.63) is 12.2 Å². The van der Waals surface area contributed by atoms with Crippen LogP contribution in [0.5, 0.6) is 0 Å². The van der Waals surface area contributed by atoms with Crippen molar-refractivity contribution < 1.29 is 9.90 Å². The zero-order valence-electron chi connectivity index (χ0n) is 7.66. The van der Waals surface area contributed by atoms with Gasteiger partial charge < -0.3 is 5.11 Å². The van der Waals surface area contributed by atoms with E-state index in [9.17, 15) is 4.79 Å². The number of carboxylic acids is 1. The molecule has 2 nitrogen and oxygen atoms in total. The summed E-state index contributed by atoms with van der Waals surface area (Å²) in [5.74, 6) is 0.296. The van der Waals surface area contributed by atoms with Gasteiger partial charge >= 0.3 is 5.97 Å². The third-order valence-corrected chi connectivity index (χ3v) is 2.58. The summed E-state index contributed by atoms with van der Waals surface area (Å²) < 4.78 is 0. The third kappa shape index (κ3) is 2.10. The molecule has 0 spiro atoms. The van der Waals surface area contributed by atoms with Crippen molar-refractivity contribution in [2.24, 2.45) is 17.8 Å². The minimum absolute atomic E-state index is 0.236. The average molecular weight is 168 g/mol. The minimum atomic E-state index is -0.687. The lowest BCUT2D eigenvalue weighted by molar-refractivity contribution is -0.140. The standard InChI is InChI=1S/C10H16O2/c1-7(2)8-3-5-9(6-4-8)10(11)12/h3,5,7-9H,4,6H2,1-2H3,(H,11,12)/t8-,9-/m0/s1. The van der Waals surface area contributed by atoms with Gasteiger partial charge in [-0.15, -0.1) is 0 Å². The zero-order valence-corrected chi connectivity index (χ0v) is 7.66. The van der Waals surface area contributed by atoms with E-state index < -0.39 is 5.97 Å². The monoisotopic (exact) mass is 168 g/mol. The van der Waals surface area contributed by atoms with Crippen LogP contribution in [-0.2, 0) is 4.79 Å². The van der Waals surface area contributed by atoms with Crippen LogP contribution in [0, 0.1) is 17.8 Å². The largest absolute Gasteiger partial charge is 0.481 e. The Morgan fingerprint density at radius 1 is 1.42 bits per heavy atom. The molecule has 0 saturated heterocycles. The van der Waals surface area contributed by atoms with Gasteiger partial charge in [0.1, 0.15) is 0 Å². The molecule has 2 atom stereocenters. The summed E-state index contributed by atoms with van der Waals surface area (Å²) in [6.45, 7) is 4.35. The van der Waals surface area contributed by atoms with Crippen LogP contribution in [0.3, 0.4) is 0 Å². The Labute approximate surface area is 73.3 Å². The Hall–Kier alpha value is -0.790. The number of aliphatic carboxylic acids is 1. The topological polar surface area (TPSA) is 37.3 Å². The molecule has 1 aliphatic rings. The smallest absolute Gasteiger partial charge is 0.310 e. The first-order valence-electron chi connectivity index (χ1n) is 4.52. The van der Waals surface area contributed by atoms with E-state index >= 15 is 0 Å². The zero-order chi connectivity index (χ0) is 9.14. The van der Waals surface area contributed by atoms with Gasteiger partial charge in [0.25, 0.3) is 0 Å². The second kappa shape index (κ2) is 3.74. The van der Waals surface area contributed by atoms with E-state index in [-0.39, 0.29) is 5.92 Å². The summed E-state index contributed by atoms with van der Waals surface area (Å²) in [5.41, 5.74) is 0. The first kappa shape index (κ1) is 9.30. The van der Waals surface area contributed by atoms with Crippen molar-refractivity contribution in [1.29, 1.82) is 0 Å². The molecule has 0 unspecified atom stereocenters. The second-order valence-corrected chi connectivity index (χ2v) is 3.81. The third-order valence-electron chi connectivity index (χ3n) is 2.58. The van der Waals surface area contributed by atoms with E-state index in [1.807, 2.05) is 6.08 Å². The number of allylic oxidation sites excluding steroid dienone is 1. The lowest BCUT2D eigenvalue weighted by atomic mass is 9.82. The molecule has 0 bridgehead atoms. The predicted octanol–water partition coefficient (Wildman–Crippen LogP) is 2.31. The molecule has 12 heavy (non-hydrogen) atoms. The molecule has 0 aromatic heterocycles. The lowest BCUT2D eigenvalue weighted by Gasteiger charge is -2.23. The first-order chi connectivity index (χ1) is 5.61. The molecule has 0 saturated carbocycles. The van der Waals surface area contributed by atoms with Crippen molar-refractivity contribution in [2.75, 3.05) is 0 Å². The van der Waals surface area contributed by atoms with Crippen LogP contribution in [-0.4, -0.2) is 11.1 Å². The Morgan fingerprint density at radius 2 is 2.08 bits per heavy atom. The van der Waals surface area contributed by atoms with E-state index in [1.54, 1.807) is 0 Å². The van der Waals surface area contributed by atoms with Gasteiger partial charge in [0, 0.05) is 0 Å². The molecule has 0 aromatic carbocycles. The lowest BCUT2D eigenvalue weighted by Crippen LogP contribution is -2.18. The van der Waals surface area contributed by atoms with E-state index in [2.05, 4.69) is 19.9 Å². The van der Waals surface area contributed by atoms with Gasteiger partial charge in [-0.05, 0) is 24.7 Å². The van der Waals surface area contributed by atoms with Gasteiger partial charge in [-0.3, -0.25) is 4.79 Å². The average Bonchev–Trinajstić information content (AvgIpc) is 2.04. The van der Waals surface area contributed by atoms with Crippen molar-refractivity contribution in [3.63, 3.8) is 0 Å². The number of rotatable bonds is 2. The fraction of sp³-hybridized carbons (Fsp3) is 0.700. The van der Waals surface area contributed by atoms with Crippen LogP contribution in [0.25, 0.3) is 0 Å². The number of carbonyl (C=O) groups is 1. The fourth-order valence-electron chi connectivity index (χ4n) is 1.60. The molecule has 68 valence electrons. The Morgan fingerprint density at radius 3 is 2.42 bits per heavy atom. The first-order valence-corrected chi connectivity index (χ1v) is 4.52. The van der Waals surface area contributed by atoms with Gasteiger partial charge in [0.2, 0.25) is 0 Å². The summed E-state index contributed by atoms with van der Waals surface area (Å²) in [4.78, 5) is 10.6. The number of carboxylic acid groups (broad SMARTS) is 1. The van der Waals surface area contributed by atoms with Crippen molar-refractivity contribution >= 4 is 5.97 Å². The highest BCUT2D eigenvalue weighted by Gasteiger charge is 2.22. The van der Waals surface area contributed by atoms with Gasteiger partial charge in [0.15, 0.2) is 0 Å². The van der Waals surface area contributed by atoms with Crippen LogP contribution in [0.1, 0.15) is 26.7 Å². The number of hydrogen-bond donors (Lipinski definition) is 1. The van der Waals surface area contributed by atoms with Crippen LogP contribution in [0.4, 0.5) is 0 Å². The quantitative estimate of drug-likeness (QED) is 0.642. The molecular weight excluding hydrogens is 152 g/mol. The molecule has 0 amide bonds. The summed E-state index contributed by atoms with van der Waals surface area (Å²) in [5, 5.41) is 8.71. The molecule has 0 fully saturated rings. The summed E-state index contributed by atoms with van der Waals surface area (Å²) >= 11 is 0. The van der Waals surface area contributed by atoms with Gasteiger partial charge in [-0.25, -0.2) is 0 Å². The van der Waals surface area contributed by atoms with Crippen molar-refractivity contribution in [2.45, 2.75) is 26.7 Å². The van der Waals surface area contributed by atoms with Crippen molar-refractivity contribution in [3.8, 4) is 0 Å². The van der Waals surface area contributed by atoms with Crippen LogP contribution in [0.15, 0.2) is 12.2 Å². The molecule has 0 radical (unpaired) electrons. The van der Waals surface area contributed by atoms with Crippen molar-refractivity contribution in [1.82, 2.24) is 0 Å². The van der Waals surface area contributed by atoms with Crippen LogP contribution >= 0.6 is 0 Å². The van der Waals surface area contributed by atoms with E-state index in [0.717, 1.165) is 12.8 Å². The normalized spacial score (nSPS) is 29.2. The van der Waals surface area contributed by atoms with E-state index in [4.69, 9.17) is 5.11 Å². The Kier molecular flexibility index (Phi) is 2.90. The van der Waals surface area contributed by atoms with Crippen LogP contribution in [0.2, 0.25) is 0 Å². The minimum Gasteiger partial charge on any atom is -0.481 e. The van der Waals surface area contributed by atoms with Gasteiger partial charge in [-0.1, -0.05) is 26.0 Å². The maximum absolute atomic E-state index is 10.6. The van der Waals surface area contributed by atoms with E-state index in [1.165, 1.54) is 0 Å². The highest BCUT2D eigenvalue weighted by Crippen LogP contribution is 2.27. The number of hydrogen-bond acceptors (Lipinski definition) is 1. The maximum atomic E-state index is 10.6. The summed E-state index contributed by atoms with van der Waals surface area (Å²) in [6.07, 6.45) is 5.73. The Balaban J connectivity index is 2.53. The second-order valence-electron chi connectivity index (χ2n) is 3.81.